The van der Waals surface area contributed by atoms with Crippen LogP contribution in [0.3, 0.4) is 0 Å². The van der Waals surface area contributed by atoms with E-state index < -0.39 is 8.80 Å². The molecule has 19 heavy (non-hydrogen) atoms. The molecular weight excluding hydrogens is 248 g/mol. The van der Waals surface area contributed by atoms with Gasteiger partial charge in [0, 0.05) is 6.61 Å². The summed E-state index contributed by atoms with van der Waals surface area (Å²) >= 11 is 0. The van der Waals surface area contributed by atoms with Gasteiger partial charge in [-0.05, 0) is 38.5 Å². The van der Waals surface area contributed by atoms with Crippen molar-refractivity contribution in [2.45, 2.75) is 88.9 Å². The first kappa shape index (κ1) is 17.0. The quantitative estimate of drug-likeness (QED) is 0.302. The zero-order valence-corrected chi connectivity index (χ0v) is 14.4. The Labute approximate surface area is 122 Å². The summed E-state index contributed by atoms with van der Waals surface area (Å²) in [5.74, 6) is 0. The van der Waals surface area contributed by atoms with E-state index in [9.17, 15) is 0 Å². The third-order valence-electron chi connectivity index (χ3n) is 4.69. The predicted octanol–water partition coefficient (Wildman–Crippen LogP) is 5.26. The maximum absolute atomic E-state index is 6.24. The maximum Gasteiger partial charge on any atom is 0.0695 e. The van der Waals surface area contributed by atoms with Crippen molar-refractivity contribution < 1.29 is 4.74 Å². The molecule has 1 rings (SSSR count). The molecule has 0 N–H and O–H groups in total. The first-order valence-electron chi connectivity index (χ1n) is 8.46. The highest BCUT2D eigenvalue weighted by Gasteiger charge is 2.36. The number of hydrogen-bond donors (Lipinski definition) is 0. The standard InChI is InChI=1S/C17H34OSi/c1-4-5-6-7-8-9-10-11-14-17(19(2)3)15-12-13-16-18-17/h4,19H,1,5-16H2,2-3H3. The molecule has 0 saturated carbocycles. The van der Waals surface area contributed by atoms with E-state index in [1.165, 1.54) is 70.6 Å². The highest BCUT2D eigenvalue weighted by Crippen LogP contribution is 2.32. The topological polar surface area (TPSA) is 9.23 Å². The SMILES string of the molecule is C=CCCCCCCCCC1([SiH](C)C)CCCCO1. The van der Waals surface area contributed by atoms with E-state index in [1.807, 2.05) is 6.08 Å². The van der Waals surface area contributed by atoms with Crippen LogP contribution in [0.4, 0.5) is 0 Å². The Morgan fingerprint density at radius 3 is 2.32 bits per heavy atom. The lowest BCUT2D eigenvalue weighted by molar-refractivity contribution is -0.0292. The van der Waals surface area contributed by atoms with Crippen LogP contribution in [0.25, 0.3) is 0 Å². The summed E-state index contributed by atoms with van der Waals surface area (Å²) in [4.78, 5) is 0. The van der Waals surface area contributed by atoms with Gasteiger partial charge in [0.25, 0.3) is 0 Å². The van der Waals surface area contributed by atoms with Crippen molar-refractivity contribution in [3.05, 3.63) is 12.7 Å². The number of rotatable bonds is 10. The highest BCUT2D eigenvalue weighted by molar-refractivity contribution is 6.59. The highest BCUT2D eigenvalue weighted by atomic mass is 28.3. The Hall–Kier alpha value is -0.0831. The molecule has 1 atom stereocenters. The number of hydrogen-bond acceptors (Lipinski definition) is 1. The number of unbranched alkanes of at least 4 members (excludes halogenated alkanes) is 6. The van der Waals surface area contributed by atoms with Crippen LogP contribution in [0.5, 0.6) is 0 Å². The molecule has 1 aliphatic heterocycles. The third kappa shape index (κ3) is 6.27. The van der Waals surface area contributed by atoms with Crippen LogP contribution in [0, 0.1) is 0 Å². The van der Waals surface area contributed by atoms with E-state index >= 15 is 0 Å². The molecule has 1 saturated heterocycles. The first-order chi connectivity index (χ1) is 9.21. The maximum atomic E-state index is 6.24. The lowest BCUT2D eigenvalue weighted by atomic mass is 10.0. The minimum atomic E-state index is -0.695. The van der Waals surface area contributed by atoms with Crippen LogP contribution in [-0.4, -0.2) is 20.6 Å². The van der Waals surface area contributed by atoms with Crippen molar-refractivity contribution >= 4 is 8.80 Å². The van der Waals surface area contributed by atoms with Crippen LogP contribution in [-0.2, 0) is 4.74 Å². The average molecular weight is 283 g/mol. The smallest absolute Gasteiger partial charge is 0.0695 e. The molecule has 1 heterocycles. The summed E-state index contributed by atoms with van der Waals surface area (Å²) in [6.07, 6.45) is 16.9. The van der Waals surface area contributed by atoms with E-state index in [0.717, 1.165) is 6.61 Å². The summed E-state index contributed by atoms with van der Waals surface area (Å²) in [6, 6.07) is 0. The molecule has 1 nitrogen and oxygen atoms in total. The van der Waals surface area contributed by atoms with E-state index in [1.54, 1.807) is 0 Å². The first-order valence-corrected chi connectivity index (χ1v) is 11.3. The molecule has 1 unspecified atom stereocenters. The van der Waals surface area contributed by atoms with Gasteiger partial charge in [-0.15, -0.1) is 6.58 Å². The zero-order chi connectivity index (χ0) is 14.0. The van der Waals surface area contributed by atoms with Gasteiger partial charge in [-0.2, -0.15) is 0 Å². The third-order valence-corrected chi connectivity index (χ3v) is 7.54. The molecule has 1 fully saturated rings. The minimum absolute atomic E-state index is 0.348. The van der Waals surface area contributed by atoms with Gasteiger partial charge in [0.15, 0.2) is 0 Å². The summed E-state index contributed by atoms with van der Waals surface area (Å²) in [6.45, 7) is 9.74. The monoisotopic (exact) mass is 282 g/mol. The second-order valence-corrected chi connectivity index (χ2v) is 9.84. The van der Waals surface area contributed by atoms with Gasteiger partial charge in [-0.25, -0.2) is 0 Å². The lowest BCUT2D eigenvalue weighted by Crippen LogP contribution is -2.47. The van der Waals surface area contributed by atoms with Gasteiger partial charge in [0.2, 0.25) is 0 Å². The predicted molar refractivity (Wildman–Crippen MR) is 88.5 cm³/mol. The van der Waals surface area contributed by atoms with Crippen molar-refractivity contribution in [2.75, 3.05) is 6.61 Å². The van der Waals surface area contributed by atoms with Crippen LogP contribution in [0.15, 0.2) is 12.7 Å². The molecule has 0 aromatic heterocycles. The van der Waals surface area contributed by atoms with Crippen molar-refractivity contribution in [2.24, 2.45) is 0 Å². The Morgan fingerprint density at radius 2 is 1.74 bits per heavy atom. The number of ether oxygens (including phenoxy) is 1. The Morgan fingerprint density at radius 1 is 1.05 bits per heavy atom. The Bertz CT molecular complexity index is 231. The molecule has 0 spiro atoms. The molecule has 2 heteroatoms. The molecule has 1 aliphatic rings. The summed E-state index contributed by atoms with van der Waals surface area (Å²) in [5.41, 5.74) is 0. The van der Waals surface area contributed by atoms with E-state index in [4.69, 9.17) is 4.74 Å². The second kappa shape index (κ2) is 9.76. The Balaban J connectivity index is 2.10. The van der Waals surface area contributed by atoms with Crippen LogP contribution < -0.4 is 0 Å². The van der Waals surface area contributed by atoms with Crippen LogP contribution in [0.1, 0.15) is 70.6 Å². The van der Waals surface area contributed by atoms with Gasteiger partial charge < -0.3 is 4.74 Å². The molecule has 0 radical (unpaired) electrons. The fourth-order valence-corrected chi connectivity index (χ4v) is 5.25. The fraction of sp³-hybridized carbons (Fsp3) is 0.882. The summed E-state index contributed by atoms with van der Waals surface area (Å²) in [7, 11) is -0.695. The minimum Gasteiger partial charge on any atom is -0.379 e. The van der Waals surface area contributed by atoms with Gasteiger partial charge in [0.05, 0.1) is 14.0 Å². The molecule has 0 aromatic rings. The largest absolute Gasteiger partial charge is 0.379 e. The van der Waals surface area contributed by atoms with Crippen LogP contribution in [0.2, 0.25) is 13.1 Å². The van der Waals surface area contributed by atoms with Crippen molar-refractivity contribution in [1.82, 2.24) is 0 Å². The van der Waals surface area contributed by atoms with Gasteiger partial charge in [-0.1, -0.05) is 51.3 Å². The molecule has 0 aromatic carbocycles. The second-order valence-electron chi connectivity index (χ2n) is 6.47. The van der Waals surface area contributed by atoms with Gasteiger partial charge in [0.1, 0.15) is 0 Å². The van der Waals surface area contributed by atoms with E-state index in [-0.39, 0.29) is 0 Å². The molecule has 0 amide bonds. The fourth-order valence-electron chi connectivity index (χ4n) is 3.24. The number of allylic oxidation sites excluding steroid dienone is 1. The zero-order valence-electron chi connectivity index (χ0n) is 13.3. The molecule has 0 aliphatic carbocycles. The van der Waals surface area contributed by atoms with Crippen molar-refractivity contribution in [3.8, 4) is 0 Å². The normalized spacial score (nSPS) is 23.7. The average Bonchev–Trinajstić information content (AvgIpc) is 2.42. The summed E-state index contributed by atoms with van der Waals surface area (Å²) in [5, 5.41) is 0.348. The van der Waals surface area contributed by atoms with E-state index in [0.29, 0.717) is 5.22 Å². The summed E-state index contributed by atoms with van der Waals surface area (Å²) < 4.78 is 6.24. The van der Waals surface area contributed by atoms with Gasteiger partial charge >= 0.3 is 0 Å². The molecule has 112 valence electrons. The van der Waals surface area contributed by atoms with E-state index in [2.05, 4.69) is 19.7 Å². The Kier molecular flexibility index (Phi) is 8.72. The van der Waals surface area contributed by atoms with Crippen LogP contribution >= 0.6 is 0 Å². The molecule has 0 bridgehead atoms. The van der Waals surface area contributed by atoms with Crippen molar-refractivity contribution in [1.29, 1.82) is 0 Å². The lowest BCUT2D eigenvalue weighted by Gasteiger charge is -2.40. The molecular formula is C17H34OSi. The van der Waals surface area contributed by atoms with Gasteiger partial charge in [-0.3, -0.25) is 0 Å². The van der Waals surface area contributed by atoms with Crippen molar-refractivity contribution in [3.63, 3.8) is 0 Å².